The number of pyridine rings is 1. The van der Waals surface area contributed by atoms with E-state index in [9.17, 15) is 4.79 Å². The summed E-state index contributed by atoms with van der Waals surface area (Å²) in [5.74, 6) is -0.328. The van der Waals surface area contributed by atoms with E-state index in [4.69, 9.17) is 16.9 Å². The fraction of sp³-hybridized carbons (Fsp3) is 0.125. The van der Waals surface area contributed by atoms with Crippen LogP contribution in [0.3, 0.4) is 0 Å². The molecule has 0 aliphatic rings. The molecule has 0 aliphatic heterocycles. The van der Waals surface area contributed by atoms with Crippen LogP contribution in [-0.2, 0) is 0 Å². The van der Waals surface area contributed by atoms with Gasteiger partial charge in [0.2, 0.25) is 0 Å². The fourth-order valence-corrected chi connectivity index (χ4v) is 0.844. The molecule has 4 nitrogen and oxygen atoms in total. The van der Waals surface area contributed by atoms with Crippen LogP contribution in [0.5, 0.6) is 0 Å². The van der Waals surface area contributed by atoms with Gasteiger partial charge in [0.1, 0.15) is 11.7 Å². The van der Waals surface area contributed by atoms with Gasteiger partial charge in [-0.05, 0) is 12.1 Å². The second kappa shape index (κ2) is 4.43. The monoisotopic (exact) mass is 195 g/mol. The summed E-state index contributed by atoms with van der Waals surface area (Å²) >= 11 is 5.53. The summed E-state index contributed by atoms with van der Waals surface area (Å²) in [5, 5.41) is 10.9. The molecular formula is C8H6ClN3O. The maximum absolute atomic E-state index is 11.2. The van der Waals surface area contributed by atoms with Gasteiger partial charge in [0, 0.05) is 6.20 Å². The lowest BCUT2D eigenvalue weighted by Gasteiger charge is -1.99. The second-order valence-corrected chi connectivity index (χ2v) is 2.60. The lowest BCUT2D eigenvalue weighted by molar-refractivity contribution is 0.0958. The molecule has 1 aromatic rings. The smallest absolute Gasteiger partial charge is 0.253 e. The predicted octanol–water partition coefficient (Wildman–Crippen LogP) is 0.988. The van der Waals surface area contributed by atoms with Crippen molar-refractivity contribution in [1.29, 1.82) is 5.26 Å². The van der Waals surface area contributed by atoms with E-state index in [1.165, 1.54) is 12.3 Å². The van der Waals surface area contributed by atoms with Crippen molar-refractivity contribution in [3.05, 3.63) is 29.0 Å². The van der Waals surface area contributed by atoms with Gasteiger partial charge >= 0.3 is 0 Å². The molecule has 13 heavy (non-hydrogen) atoms. The maximum Gasteiger partial charge on any atom is 0.253 e. The molecule has 0 saturated carbocycles. The molecule has 0 aromatic carbocycles. The summed E-state index contributed by atoms with van der Waals surface area (Å²) in [6.45, 7) is -0.0124. The molecule has 0 atom stereocenters. The Bertz CT molecular complexity index is 341. The molecular weight excluding hydrogens is 190 g/mol. The van der Waals surface area contributed by atoms with E-state index in [1.54, 1.807) is 12.1 Å². The Morgan fingerprint density at radius 3 is 3.00 bits per heavy atom. The average molecular weight is 196 g/mol. The topological polar surface area (TPSA) is 65.8 Å². The third-order valence-electron chi connectivity index (χ3n) is 1.32. The van der Waals surface area contributed by atoms with E-state index in [0.717, 1.165) is 0 Å². The van der Waals surface area contributed by atoms with Crippen molar-refractivity contribution >= 4 is 17.5 Å². The van der Waals surface area contributed by atoms with Gasteiger partial charge in [-0.3, -0.25) is 4.79 Å². The number of nitrogens with zero attached hydrogens (tertiary/aromatic N) is 2. The third kappa shape index (κ3) is 2.73. The van der Waals surface area contributed by atoms with Gasteiger partial charge in [0.05, 0.1) is 11.6 Å². The highest BCUT2D eigenvalue weighted by atomic mass is 35.5. The molecule has 5 heteroatoms. The number of carbonyl (C=O) groups is 1. The van der Waals surface area contributed by atoms with E-state index in [2.05, 4.69) is 10.3 Å². The number of nitrogens with one attached hydrogen (secondary N) is 1. The molecule has 0 aliphatic carbocycles. The Morgan fingerprint density at radius 1 is 1.69 bits per heavy atom. The average Bonchev–Trinajstić information content (AvgIpc) is 2.15. The summed E-state index contributed by atoms with van der Waals surface area (Å²) in [6.07, 6.45) is 1.36. The first kappa shape index (κ1) is 9.49. The van der Waals surface area contributed by atoms with Gasteiger partial charge in [-0.15, -0.1) is 0 Å². The lowest BCUT2D eigenvalue weighted by atomic mass is 10.3. The molecule has 1 amide bonds. The Labute approximate surface area is 80.2 Å². The molecule has 0 fully saturated rings. The highest BCUT2D eigenvalue weighted by Crippen LogP contribution is 2.04. The van der Waals surface area contributed by atoms with Crippen LogP contribution in [0.1, 0.15) is 10.4 Å². The van der Waals surface area contributed by atoms with Crippen molar-refractivity contribution in [2.24, 2.45) is 0 Å². The van der Waals surface area contributed by atoms with E-state index >= 15 is 0 Å². The number of hydrogen-bond donors (Lipinski definition) is 1. The molecule has 0 spiro atoms. The van der Waals surface area contributed by atoms with Crippen LogP contribution in [0.25, 0.3) is 0 Å². The molecule has 1 rings (SSSR count). The molecule has 1 aromatic heterocycles. The van der Waals surface area contributed by atoms with Crippen LogP contribution in [0.15, 0.2) is 18.3 Å². The van der Waals surface area contributed by atoms with Crippen LogP contribution in [0.2, 0.25) is 5.15 Å². The van der Waals surface area contributed by atoms with Crippen molar-refractivity contribution in [2.45, 2.75) is 0 Å². The highest BCUT2D eigenvalue weighted by Gasteiger charge is 2.03. The Balaban J connectivity index is 2.68. The van der Waals surface area contributed by atoms with Crippen molar-refractivity contribution in [1.82, 2.24) is 10.3 Å². The molecule has 0 unspecified atom stereocenters. The number of rotatable bonds is 2. The standard InChI is InChI=1S/C8H6ClN3O/c9-7-2-1-6(5-12-7)8(13)11-4-3-10/h1-2,5H,4H2,(H,11,13). The zero-order valence-corrected chi connectivity index (χ0v) is 7.38. The lowest BCUT2D eigenvalue weighted by Crippen LogP contribution is -2.23. The van der Waals surface area contributed by atoms with Crippen molar-refractivity contribution < 1.29 is 4.79 Å². The Morgan fingerprint density at radius 2 is 2.46 bits per heavy atom. The summed E-state index contributed by atoms with van der Waals surface area (Å²) < 4.78 is 0. The van der Waals surface area contributed by atoms with Gasteiger partial charge < -0.3 is 5.32 Å². The third-order valence-corrected chi connectivity index (χ3v) is 1.54. The first-order valence-corrected chi connectivity index (χ1v) is 3.88. The summed E-state index contributed by atoms with van der Waals surface area (Å²) in [4.78, 5) is 14.9. The van der Waals surface area contributed by atoms with Gasteiger partial charge in [0.15, 0.2) is 0 Å². The molecule has 66 valence electrons. The SMILES string of the molecule is N#CCNC(=O)c1ccc(Cl)nc1. The van der Waals surface area contributed by atoms with Crippen molar-refractivity contribution in [3.63, 3.8) is 0 Å². The first-order chi connectivity index (χ1) is 6.24. The van der Waals surface area contributed by atoms with E-state index in [0.29, 0.717) is 10.7 Å². The molecule has 0 saturated heterocycles. The summed E-state index contributed by atoms with van der Waals surface area (Å²) in [7, 11) is 0. The van der Waals surface area contributed by atoms with Crippen molar-refractivity contribution in [2.75, 3.05) is 6.54 Å². The van der Waals surface area contributed by atoms with Crippen LogP contribution in [0, 0.1) is 11.3 Å². The Hall–Kier alpha value is -1.60. The fourth-order valence-electron chi connectivity index (χ4n) is 0.732. The quantitative estimate of drug-likeness (QED) is 0.565. The number of nitriles is 1. The minimum absolute atomic E-state index is 0.0124. The van der Waals surface area contributed by atoms with Crippen LogP contribution < -0.4 is 5.32 Å². The van der Waals surface area contributed by atoms with Crippen LogP contribution in [-0.4, -0.2) is 17.4 Å². The number of hydrogen-bond acceptors (Lipinski definition) is 3. The van der Waals surface area contributed by atoms with E-state index < -0.39 is 0 Å². The molecule has 1 heterocycles. The molecule has 0 radical (unpaired) electrons. The van der Waals surface area contributed by atoms with Crippen LogP contribution >= 0.6 is 11.6 Å². The van der Waals surface area contributed by atoms with E-state index in [1.807, 2.05) is 0 Å². The predicted molar refractivity (Wildman–Crippen MR) is 47.2 cm³/mol. The minimum atomic E-state index is -0.328. The number of aromatic nitrogens is 1. The minimum Gasteiger partial charge on any atom is -0.339 e. The second-order valence-electron chi connectivity index (χ2n) is 2.21. The van der Waals surface area contributed by atoms with Gasteiger partial charge in [0.25, 0.3) is 5.91 Å². The maximum atomic E-state index is 11.2. The molecule has 0 bridgehead atoms. The van der Waals surface area contributed by atoms with Crippen LogP contribution in [0.4, 0.5) is 0 Å². The highest BCUT2D eigenvalue weighted by molar-refractivity contribution is 6.29. The van der Waals surface area contributed by atoms with Gasteiger partial charge in [-0.1, -0.05) is 11.6 Å². The first-order valence-electron chi connectivity index (χ1n) is 3.50. The summed E-state index contributed by atoms with van der Waals surface area (Å²) in [5.41, 5.74) is 0.389. The van der Waals surface area contributed by atoms with Crippen molar-refractivity contribution in [3.8, 4) is 6.07 Å². The normalized spacial score (nSPS) is 8.92. The number of carbonyl (C=O) groups excluding carboxylic acids is 1. The summed E-state index contributed by atoms with van der Waals surface area (Å²) in [6, 6.07) is 4.86. The molecule has 1 N–H and O–H groups in total. The largest absolute Gasteiger partial charge is 0.339 e. The van der Waals surface area contributed by atoms with Gasteiger partial charge in [-0.25, -0.2) is 4.98 Å². The zero-order valence-electron chi connectivity index (χ0n) is 6.62. The number of halogens is 1. The zero-order chi connectivity index (χ0) is 9.68. The number of amides is 1. The Kier molecular flexibility index (Phi) is 3.23. The van der Waals surface area contributed by atoms with E-state index in [-0.39, 0.29) is 12.5 Å². The van der Waals surface area contributed by atoms with Gasteiger partial charge in [-0.2, -0.15) is 5.26 Å².